The molecule has 0 aliphatic carbocycles. The molecule has 0 radical (unpaired) electrons. The first-order valence-corrected chi connectivity index (χ1v) is 13.3. The molecule has 2 aromatic carbocycles. The Kier molecular flexibility index (Phi) is 8.70. The van der Waals surface area contributed by atoms with E-state index >= 15 is 0 Å². The minimum Gasteiger partial charge on any atom is -0.360 e. The number of hydrogen-bond donors (Lipinski definition) is 3. The van der Waals surface area contributed by atoms with Crippen molar-refractivity contribution in [3.63, 3.8) is 0 Å². The van der Waals surface area contributed by atoms with Gasteiger partial charge >= 0.3 is 0 Å². The molecular formula is C22H27FN4O4S2. The minimum atomic E-state index is -4.20. The Labute approximate surface area is 197 Å². The molecule has 1 aliphatic rings. The maximum absolute atomic E-state index is 14.0. The van der Waals surface area contributed by atoms with Crippen LogP contribution in [-0.4, -0.2) is 57.9 Å². The van der Waals surface area contributed by atoms with Crippen molar-refractivity contribution < 1.29 is 22.4 Å². The van der Waals surface area contributed by atoms with E-state index in [1.54, 1.807) is 0 Å². The molecular weight excluding hydrogens is 467 g/mol. The van der Waals surface area contributed by atoms with Crippen LogP contribution in [0.5, 0.6) is 0 Å². The Bertz CT molecular complexity index is 1080. The predicted molar refractivity (Wildman–Crippen MR) is 127 cm³/mol. The molecule has 0 spiro atoms. The van der Waals surface area contributed by atoms with Gasteiger partial charge < -0.3 is 15.5 Å². The number of carbonyl (C=O) groups is 2. The van der Waals surface area contributed by atoms with Gasteiger partial charge in [0.15, 0.2) is 0 Å². The summed E-state index contributed by atoms with van der Waals surface area (Å²) in [4.78, 5) is 25.8. The van der Waals surface area contributed by atoms with Crippen LogP contribution in [0, 0.1) is 5.82 Å². The van der Waals surface area contributed by atoms with Crippen molar-refractivity contribution in [2.45, 2.75) is 23.9 Å². The van der Waals surface area contributed by atoms with E-state index in [2.05, 4.69) is 15.4 Å². The smallest absolute Gasteiger partial charge is 0.244 e. The van der Waals surface area contributed by atoms with E-state index in [9.17, 15) is 22.4 Å². The van der Waals surface area contributed by atoms with Crippen molar-refractivity contribution in [1.82, 2.24) is 15.4 Å². The number of amides is 2. The summed E-state index contributed by atoms with van der Waals surface area (Å²) in [6, 6.07) is 11.5. The average molecular weight is 495 g/mol. The highest BCUT2D eigenvalue weighted by Crippen LogP contribution is 2.17. The number of hydrogen-bond acceptors (Lipinski definition) is 6. The highest BCUT2D eigenvalue weighted by molar-refractivity contribution is 7.98. The first-order chi connectivity index (χ1) is 15.8. The lowest BCUT2D eigenvalue weighted by atomic mass is 10.1. The zero-order valence-corrected chi connectivity index (χ0v) is 19.8. The molecule has 3 rings (SSSR count). The molecule has 1 aliphatic heterocycles. The Hall–Kier alpha value is -2.63. The van der Waals surface area contributed by atoms with Crippen molar-refractivity contribution in [1.29, 1.82) is 0 Å². The Balaban J connectivity index is 1.63. The lowest BCUT2D eigenvalue weighted by molar-refractivity contribution is -0.123. The lowest BCUT2D eigenvalue weighted by Gasteiger charge is -2.28. The second-order valence-corrected chi connectivity index (χ2v) is 10.2. The quantitative estimate of drug-likeness (QED) is 0.462. The van der Waals surface area contributed by atoms with E-state index < -0.39 is 32.7 Å². The SMILES string of the molecule is CSCCC(NS(=O)(=O)c1ccccc1F)C(=O)NCc1ccc(N2CCNC(=O)C2)cc1. The minimum absolute atomic E-state index is 0.0216. The summed E-state index contributed by atoms with van der Waals surface area (Å²) in [5.41, 5.74) is 1.74. The van der Waals surface area contributed by atoms with Gasteiger partial charge in [0.2, 0.25) is 21.8 Å². The molecule has 1 saturated heterocycles. The third kappa shape index (κ3) is 6.92. The van der Waals surface area contributed by atoms with Crippen LogP contribution in [0.25, 0.3) is 0 Å². The van der Waals surface area contributed by atoms with E-state index in [0.717, 1.165) is 29.9 Å². The van der Waals surface area contributed by atoms with Gasteiger partial charge in [-0.3, -0.25) is 9.59 Å². The molecule has 1 fully saturated rings. The molecule has 0 saturated carbocycles. The zero-order chi connectivity index (χ0) is 23.8. The summed E-state index contributed by atoms with van der Waals surface area (Å²) in [6.45, 7) is 1.82. The largest absolute Gasteiger partial charge is 0.360 e. The second kappa shape index (κ2) is 11.5. The Morgan fingerprint density at radius 3 is 2.61 bits per heavy atom. The van der Waals surface area contributed by atoms with Crippen LogP contribution in [0.1, 0.15) is 12.0 Å². The number of sulfonamides is 1. The number of carbonyl (C=O) groups excluding carboxylic acids is 2. The summed E-state index contributed by atoms with van der Waals surface area (Å²) < 4.78 is 41.6. The van der Waals surface area contributed by atoms with E-state index in [1.165, 1.54) is 23.9 Å². The molecule has 0 aromatic heterocycles. The highest BCUT2D eigenvalue weighted by Gasteiger charge is 2.27. The molecule has 2 amide bonds. The number of nitrogens with one attached hydrogen (secondary N) is 3. The van der Waals surface area contributed by atoms with Crippen LogP contribution in [0.3, 0.4) is 0 Å². The van der Waals surface area contributed by atoms with Crippen molar-refractivity contribution >= 4 is 39.3 Å². The molecule has 0 bridgehead atoms. The topological polar surface area (TPSA) is 108 Å². The summed E-state index contributed by atoms with van der Waals surface area (Å²) in [6.07, 6.45) is 2.12. The normalized spacial score (nSPS) is 15.1. The molecule has 1 heterocycles. The van der Waals surface area contributed by atoms with E-state index in [-0.39, 0.29) is 18.9 Å². The van der Waals surface area contributed by atoms with Gasteiger partial charge in [0.1, 0.15) is 16.8 Å². The fraction of sp³-hybridized carbons (Fsp3) is 0.364. The predicted octanol–water partition coefficient (Wildman–Crippen LogP) is 1.48. The molecule has 178 valence electrons. The van der Waals surface area contributed by atoms with Crippen LogP contribution in [0.2, 0.25) is 0 Å². The number of nitrogens with zero attached hydrogens (tertiary/aromatic N) is 1. The second-order valence-electron chi connectivity index (χ2n) is 7.54. The number of thioether (sulfide) groups is 1. The molecule has 2 aromatic rings. The number of halogens is 1. The first kappa shape index (κ1) is 25.0. The molecule has 3 N–H and O–H groups in total. The highest BCUT2D eigenvalue weighted by atomic mass is 32.2. The monoisotopic (exact) mass is 494 g/mol. The number of anilines is 1. The van der Waals surface area contributed by atoms with Gasteiger partial charge in [0.05, 0.1) is 6.54 Å². The van der Waals surface area contributed by atoms with Gasteiger partial charge in [-0.2, -0.15) is 16.5 Å². The van der Waals surface area contributed by atoms with Gasteiger partial charge in [-0.1, -0.05) is 24.3 Å². The summed E-state index contributed by atoms with van der Waals surface area (Å²) in [7, 11) is -4.20. The molecule has 33 heavy (non-hydrogen) atoms. The summed E-state index contributed by atoms with van der Waals surface area (Å²) in [5, 5.41) is 5.54. The third-order valence-corrected chi connectivity index (χ3v) is 7.31. The zero-order valence-electron chi connectivity index (χ0n) is 18.2. The summed E-state index contributed by atoms with van der Waals surface area (Å²) in [5.74, 6) is -0.830. The average Bonchev–Trinajstić information content (AvgIpc) is 2.80. The fourth-order valence-electron chi connectivity index (χ4n) is 3.39. The maximum Gasteiger partial charge on any atom is 0.244 e. The number of benzene rings is 2. The van der Waals surface area contributed by atoms with Crippen molar-refractivity contribution in [2.24, 2.45) is 0 Å². The Morgan fingerprint density at radius 1 is 1.21 bits per heavy atom. The van der Waals surface area contributed by atoms with Crippen molar-refractivity contribution in [3.05, 3.63) is 59.9 Å². The maximum atomic E-state index is 14.0. The van der Waals surface area contributed by atoms with Gasteiger partial charge in [-0.15, -0.1) is 0 Å². The van der Waals surface area contributed by atoms with Crippen LogP contribution < -0.4 is 20.3 Å². The van der Waals surface area contributed by atoms with Gasteiger partial charge in [0, 0.05) is 25.3 Å². The number of rotatable bonds is 10. The summed E-state index contributed by atoms with van der Waals surface area (Å²) >= 11 is 1.48. The molecule has 8 nitrogen and oxygen atoms in total. The molecule has 1 atom stereocenters. The van der Waals surface area contributed by atoms with E-state index in [0.29, 0.717) is 18.8 Å². The third-order valence-electron chi connectivity index (χ3n) is 5.16. The van der Waals surface area contributed by atoms with Gasteiger partial charge in [-0.25, -0.2) is 12.8 Å². The molecule has 11 heteroatoms. The Morgan fingerprint density at radius 2 is 1.94 bits per heavy atom. The van der Waals surface area contributed by atoms with Crippen LogP contribution >= 0.6 is 11.8 Å². The number of piperazine rings is 1. The van der Waals surface area contributed by atoms with E-state index in [1.807, 2.05) is 35.4 Å². The van der Waals surface area contributed by atoms with Gasteiger partial charge in [-0.05, 0) is 48.3 Å². The van der Waals surface area contributed by atoms with Crippen LogP contribution in [0.4, 0.5) is 10.1 Å². The standard InChI is InChI=1S/C22H27FN4O4S2/c1-32-13-10-19(26-33(30,31)20-5-3-2-4-18(20)23)22(29)25-14-16-6-8-17(9-7-16)27-12-11-24-21(28)15-27/h2-9,19,26H,10-15H2,1H3,(H,24,28)(H,25,29). The first-order valence-electron chi connectivity index (χ1n) is 10.4. The van der Waals surface area contributed by atoms with Crippen molar-refractivity contribution in [3.8, 4) is 0 Å². The fourth-order valence-corrected chi connectivity index (χ4v) is 5.17. The van der Waals surface area contributed by atoms with Crippen LogP contribution in [0.15, 0.2) is 53.4 Å². The van der Waals surface area contributed by atoms with Crippen molar-refractivity contribution in [2.75, 3.05) is 36.5 Å². The van der Waals surface area contributed by atoms with Gasteiger partial charge in [0.25, 0.3) is 0 Å². The van der Waals surface area contributed by atoms with Crippen LogP contribution in [-0.2, 0) is 26.2 Å². The van der Waals surface area contributed by atoms with E-state index in [4.69, 9.17) is 0 Å². The molecule has 1 unspecified atom stereocenters. The lowest BCUT2D eigenvalue weighted by Crippen LogP contribution is -2.47.